The Balaban J connectivity index is 1.97. The van der Waals surface area contributed by atoms with Crippen LogP contribution >= 0.6 is 0 Å². The average molecular weight is 287 g/mol. The van der Waals surface area contributed by atoms with Gasteiger partial charge in [0.05, 0.1) is 0 Å². The molecule has 0 radical (unpaired) electrons. The predicted molar refractivity (Wildman–Crippen MR) is 84.1 cm³/mol. The van der Waals surface area contributed by atoms with E-state index in [1.807, 2.05) is 23.0 Å². The third-order valence-electron chi connectivity index (χ3n) is 3.53. The van der Waals surface area contributed by atoms with Crippen LogP contribution in [0, 0.1) is 0 Å². The van der Waals surface area contributed by atoms with Gasteiger partial charge < -0.3 is 5.32 Å². The van der Waals surface area contributed by atoms with E-state index in [0.717, 1.165) is 37.3 Å². The smallest absolute Gasteiger partial charge is 0.138 e. The largest absolute Gasteiger partial charge is 0.314 e. The van der Waals surface area contributed by atoms with Crippen molar-refractivity contribution in [3.63, 3.8) is 0 Å². The van der Waals surface area contributed by atoms with Gasteiger partial charge in [0, 0.05) is 30.4 Å². The van der Waals surface area contributed by atoms with Crippen LogP contribution in [0.5, 0.6) is 0 Å². The molecule has 0 aliphatic rings. The number of nitrogens with one attached hydrogen (secondary N) is 1. The minimum Gasteiger partial charge on any atom is -0.314 e. The number of hydrogen-bond acceptors (Lipinski definition) is 4. The van der Waals surface area contributed by atoms with Crippen molar-refractivity contribution in [1.29, 1.82) is 0 Å². The first-order valence-corrected chi connectivity index (χ1v) is 7.72. The molecule has 1 N–H and O–H groups in total. The quantitative estimate of drug-likeness (QED) is 0.810. The predicted octanol–water partition coefficient (Wildman–Crippen LogP) is 2.41. The second-order valence-corrected chi connectivity index (χ2v) is 5.53. The monoisotopic (exact) mass is 287 g/mol. The molecule has 114 valence electrons. The maximum atomic E-state index is 4.41. The summed E-state index contributed by atoms with van der Waals surface area (Å²) < 4.78 is 2.01. The van der Waals surface area contributed by atoms with E-state index in [2.05, 4.69) is 47.2 Å². The summed E-state index contributed by atoms with van der Waals surface area (Å²) in [6.45, 7) is 7.37. The molecule has 0 aliphatic carbocycles. The number of aryl methyl sites for hydroxylation is 1. The van der Waals surface area contributed by atoms with Gasteiger partial charge in [-0.1, -0.05) is 13.0 Å². The standard InChI is InChI=1S/C16H25N5/c1-4-17-15(9-8-14-7-5-6-10-18-14)11-16-19-12-20-21(16)13(2)3/h5-7,10,12-13,15,17H,4,8-9,11H2,1-3H3. The number of nitrogens with zero attached hydrogens (tertiary/aromatic N) is 4. The molecule has 0 saturated carbocycles. The van der Waals surface area contributed by atoms with Crippen molar-refractivity contribution < 1.29 is 0 Å². The van der Waals surface area contributed by atoms with E-state index in [1.54, 1.807) is 6.33 Å². The highest BCUT2D eigenvalue weighted by Crippen LogP contribution is 2.11. The van der Waals surface area contributed by atoms with E-state index in [0.29, 0.717) is 12.1 Å². The van der Waals surface area contributed by atoms with Crippen molar-refractivity contribution >= 4 is 0 Å². The van der Waals surface area contributed by atoms with Gasteiger partial charge in [0.1, 0.15) is 12.2 Å². The van der Waals surface area contributed by atoms with Gasteiger partial charge >= 0.3 is 0 Å². The molecule has 2 heterocycles. The Hall–Kier alpha value is -1.75. The van der Waals surface area contributed by atoms with Crippen LogP contribution in [-0.4, -0.2) is 32.3 Å². The summed E-state index contributed by atoms with van der Waals surface area (Å²) in [6.07, 6.45) is 6.44. The molecule has 0 saturated heterocycles. The highest BCUT2D eigenvalue weighted by atomic mass is 15.3. The molecular formula is C16H25N5. The van der Waals surface area contributed by atoms with Gasteiger partial charge in [-0.15, -0.1) is 0 Å². The van der Waals surface area contributed by atoms with Crippen molar-refractivity contribution in [1.82, 2.24) is 25.1 Å². The molecule has 0 spiro atoms. The molecule has 21 heavy (non-hydrogen) atoms. The Kier molecular flexibility index (Phi) is 5.87. The second-order valence-electron chi connectivity index (χ2n) is 5.53. The summed E-state index contributed by atoms with van der Waals surface area (Å²) in [4.78, 5) is 8.80. The van der Waals surface area contributed by atoms with Gasteiger partial charge in [-0.3, -0.25) is 4.98 Å². The Morgan fingerprint density at radius 3 is 2.76 bits per heavy atom. The highest BCUT2D eigenvalue weighted by Gasteiger charge is 2.14. The Morgan fingerprint density at radius 1 is 1.24 bits per heavy atom. The molecule has 0 bridgehead atoms. The van der Waals surface area contributed by atoms with Gasteiger partial charge in [0.2, 0.25) is 0 Å². The van der Waals surface area contributed by atoms with E-state index < -0.39 is 0 Å². The maximum Gasteiger partial charge on any atom is 0.138 e. The number of aromatic nitrogens is 4. The number of likely N-dealkylation sites (N-methyl/N-ethyl adjacent to an activating group) is 1. The lowest BCUT2D eigenvalue weighted by molar-refractivity contribution is 0.443. The van der Waals surface area contributed by atoms with E-state index in [-0.39, 0.29) is 0 Å². The Morgan fingerprint density at radius 2 is 2.10 bits per heavy atom. The lowest BCUT2D eigenvalue weighted by Gasteiger charge is -2.18. The molecule has 0 amide bonds. The van der Waals surface area contributed by atoms with Gasteiger partial charge in [-0.25, -0.2) is 9.67 Å². The van der Waals surface area contributed by atoms with Crippen LogP contribution in [-0.2, 0) is 12.8 Å². The molecule has 2 rings (SSSR count). The minimum absolute atomic E-state index is 0.348. The average Bonchev–Trinajstić information content (AvgIpc) is 2.94. The van der Waals surface area contributed by atoms with Crippen molar-refractivity contribution in [2.75, 3.05) is 6.54 Å². The van der Waals surface area contributed by atoms with Crippen LogP contribution < -0.4 is 5.32 Å². The Bertz CT molecular complexity index is 520. The first-order valence-electron chi connectivity index (χ1n) is 7.72. The van der Waals surface area contributed by atoms with E-state index >= 15 is 0 Å². The fourth-order valence-corrected chi connectivity index (χ4v) is 2.50. The van der Waals surface area contributed by atoms with Crippen molar-refractivity contribution in [2.24, 2.45) is 0 Å². The summed E-state index contributed by atoms with van der Waals surface area (Å²) in [5.74, 6) is 1.05. The van der Waals surface area contributed by atoms with Crippen LogP contribution in [0.1, 0.15) is 44.8 Å². The molecule has 5 heteroatoms. The topological polar surface area (TPSA) is 55.6 Å². The van der Waals surface area contributed by atoms with Gasteiger partial charge in [0.15, 0.2) is 0 Å². The number of pyridine rings is 1. The molecule has 0 aliphatic heterocycles. The molecule has 0 fully saturated rings. The fourth-order valence-electron chi connectivity index (χ4n) is 2.50. The van der Waals surface area contributed by atoms with E-state index in [1.165, 1.54) is 0 Å². The van der Waals surface area contributed by atoms with Crippen LogP contribution in [0.2, 0.25) is 0 Å². The number of hydrogen-bond donors (Lipinski definition) is 1. The summed E-state index contributed by atoms with van der Waals surface area (Å²) in [6, 6.07) is 6.83. The molecule has 0 aromatic carbocycles. The van der Waals surface area contributed by atoms with Gasteiger partial charge in [-0.05, 0) is 45.4 Å². The van der Waals surface area contributed by atoms with Crippen molar-refractivity contribution in [3.05, 3.63) is 42.2 Å². The maximum absolute atomic E-state index is 4.41. The SMILES string of the molecule is CCNC(CCc1ccccn1)Cc1ncnn1C(C)C. The minimum atomic E-state index is 0.348. The first-order chi connectivity index (χ1) is 10.2. The van der Waals surface area contributed by atoms with Crippen molar-refractivity contribution in [3.8, 4) is 0 Å². The highest BCUT2D eigenvalue weighted by molar-refractivity contribution is 5.04. The fraction of sp³-hybridized carbons (Fsp3) is 0.562. The van der Waals surface area contributed by atoms with Crippen LogP contribution in [0.15, 0.2) is 30.7 Å². The first kappa shape index (κ1) is 15.6. The summed E-state index contributed by atoms with van der Waals surface area (Å²) >= 11 is 0. The van der Waals surface area contributed by atoms with Gasteiger partial charge in [-0.2, -0.15) is 5.10 Å². The lowest BCUT2D eigenvalue weighted by Crippen LogP contribution is -2.32. The molecule has 1 atom stereocenters. The van der Waals surface area contributed by atoms with Gasteiger partial charge in [0.25, 0.3) is 0 Å². The summed E-state index contributed by atoms with van der Waals surface area (Å²) in [5.41, 5.74) is 1.14. The van der Waals surface area contributed by atoms with Crippen LogP contribution in [0.4, 0.5) is 0 Å². The second kappa shape index (κ2) is 7.88. The third kappa shape index (κ3) is 4.63. The summed E-state index contributed by atoms with van der Waals surface area (Å²) in [7, 11) is 0. The Labute approximate surface area is 126 Å². The van der Waals surface area contributed by atoms with E-state index in [4.69, 9.17) is 0 Å². The molecule has 2 aromatic rings. The zero-order valence-electron chi connectivity index (χ0n) is 13.2. The zero-order chi connectivity index (χ0) is 15.1. The normalized spacial score (nSPS) is 12.8. The van der Waals surface area contributed by atoms with Crippen LogP contribution in [0.25, 0.3) is 0 Å². The molecule has 2 aromatic heterocycles. The van der Waals surface area contributed by atoms with Crippen LogP contribution in [0.3, 0.4) is 0 Å². The summed E-state index contributed by atoms with van der Waals surface area (Å²) in [5, 5.41) is 7.86. The number of rotatable bonds is 8. The van der Waals surface area contributed by atoms with Crippen molar-refractivity contribution in [2.45, 2.75) is 52.1 Å². The zero-order valence-corrected chi connectivity index (χ0v) is 13.2. The molecule has 1 unspecified atom stereocenters. The molecular weight excluding hydrogens is 262 g/mol. The van der Waals surface area contributed by atoms with E-state index in [9.17, 15) is 0 Å². The lowest BCUT2D eigenvalue weighted by atomic mass is 10.1. The third-order valence-corrected chi connectivity index (χ3v) is 3.53. The molecule has 5 nitrogen and oxygen atoms in total.